The summed E-state index contributed by atoms with van der Waals surface area (Å²) in [5.74, 6) is 0. The summed E-state index contributed by atoms with van der Waals surface area (Å²) < 4.78 is 5.38. The average Bonchev–Trinajstić information content (AvgIpc) is 2.61. The molecule has 1 amide bonds. The highest BCUT2D eigenvalue weighted by molar-refractivity contribution is 5.68. The second kappa shape index (κ2) is 4.48. The molecule has 98 valence electrons. The Labute approximate surface area is 104 Å². The molecule has 1 heterocycles. The SMILES string of the molecule is CC(C)(C)OC(=O)N1CCC2(CCCCC2)N1. The maximum atomic E-state index is 11.9. The lowest BCUT2D eigenvalue weighted by Gasteiger charge is -2.34. The molecule has 2 fully saturated rings. The van der Waals surface area contributed by atoms with Gasteiger partial charge in [0, 0.05) is 12.1 Å². The van der Waals surface area contributed by atoms with Crippen LogP contribution >= 0.6 is 0 Å². The van der Waals surface area contributed by atoms with Gasteiger partial charge in [-0.3, -0.25) is 0 Å². The van der Waals surface area contributed by atoms with E-state index in [4.69, 9.17) is 4.74 Å². The Kier molecular flexibility index (Phi) is 3.34. The lowest BCUT2D eigenvalue weighted by atomic mass is 9.81. The topological polar surface area (TPSA) is 41.6 Å². The lowest BCUT2D eigenvalue weighted by molar-refractivity contribution is 0.0152. The summed E-state index contributed by atoms with van der Waals surface area (Å²) in [7, 11) is 0. The Morgan fingerprint density at radius 2 is 1.82 bits per heavy atom. The van der Waals surface area contributed by atoms with Crippen molar-refractivity contribution in [2.75, 3.05) is 6.54 Å². The zero-order valence-corrected chi connectivity index (χ0v) is 11.2. The number of hydrogen-bond acceptors (Lipinski definition) is 3. The molecule has 1 N–H and O–H groups in total. The van der Waals surface area contributed by atoms with Crippen LogP contribution in [0.2, 0.25) is 0 Å². The molecule has 1 aliphatic heterocycles. The van der Waals surface area contributed by atoms with Gasteiger partial charge in [-0.15, -0.1) is 0 Å². The number of rotatable bonds is 0. The zero-order chi connectivity index (χ0) is 12.5. The fourth-order valence-corrected chi connectivity index (χ4v) is 2.77. The first-order valence-electron chi connectivity index (χ1n) is 6.69. The maximum absolute atomic E-state index is 11.9. The molecule has 0 atom stereocenters. The number of carbonyl (C=O) groups excluding carboxylic acids is 1. The summed E-state index contributed by atoms with van der Waals surface area (Å²) in [5.41, 5.74) is 3.15. The minimum absolute atomic E-state index is 0.176. The maximum Gasteiger partial charge on any atom is 0.424 e. The van der Waals surface area contributed by atoms with Gasteiger partial charge in [0.25, 0.3) is 0 Å². The molecule has 1 saturated carbocycles. The van der Waals surface area contributed by atoms with Crippen molar-refractivity contribution >= 4 is 6.09 Å². The van der Waals surface area contributed by atoms with Crippen LogP contribution in [0.4, 0.5) is 4.79 Å². The molecule has 4 heteroatoms. The number of hydrazine groups is 1. The minimum atomic E-state index is -0.416. The van der Waals surface area contributed by atoms with Crippen LogP contribution in [-0.4, -0.2) is 28.8 Å². The summed E-state index contributed by atoms with van der Waals surface area (Å²) >= 11 is 0. The molecule has 17 heavy (non-hydrogen) atoms. The molecule has 0 radical (unpaired) electrons. The van der Waals surface area contributed by atoms with Gasteiger partial charge in [-0.2, -0.15) is 0 Å². The Hall–Kier alpha value is -0.770. The summed E-state index contributed by atoms with van der Waals surface area (Å²) in [6, 6.07) is 0. The predicted octanol–water partition coefficient (Wildman–Crippen LogP) is 2.83. The van der Waals surface area contributed by atoms with E-state index in [0.717, 1.165) is 13.0 Å². The predicted molar refractivity (Wildman–Crippen MR) is 66.5 cm³/mol. The average molecular weight is 240 g/mol. The van der Waals surface area contributed by atoms with Crippen molar-refractivity contribution in [3.63, 3.8) is 0 Å². The first kappa shape index (κ1) is 12.7. The Morgan fingerprint density at radius 3 is 2.41 bits per heavy atom. The van der Waals surface area contributed by atoms with Gasteiger partial charge in [-0.05, 0) is 40.0 Å². The van der Waals surface area contributed by atoms with Crippen molar-refractivity contribution in [2.45, 2.75) is 70.4 Å². The third kappa shape index (κ3) is 3.12. The van der Waals surface area contributed by atoms with Crippen LogP contribution < -0.4 is 5.43 Å². The second-order valence-corrected chi connectivity index (χ2v) is 6.33. The lowest BCUT2D eigenvalue weighted by Crippen LogP contribution is -2.50. The monoisotopic (exact) mass is 240 g/mol. The highest BCUT2D eigenvalue weighted by Gasteiger charge is 2.41. The molecule has 1 aliphatic carbocycles. The van der Waals surface area contributed by atoms with Crippen molar-refractivity contribution in [3.05, 3.63) is 0 Å². The molecule has 0 aromatic rings. The number of nitrogens with zero attached hydrogens (tertiary/aromatic N) is 1. The first-order valence-corrected chi connectivity index (χ1v) is 6.69. The standard InChI is InChI=1S/C13H24N2O2/c1-12(2,3)17-11(16)15-10-9-13(14-15)7-5-4-6-8-13/h14H,4-10H2,1-3H3. The normalized spacial score (nSPS) is 24.1. The number of hydrogen-bond donors (Lipinski definition) is 1. The second-order valence-electron chi connectivity index (χ2n) is 6.33. The number of amides is 1. The van der Waals surface area contributed by atoms with Crippen molar-refractivity contribution in [1.29, 1.82) is 0 Å². The van der Waals surface area contributed by atoms with Crippen LogP contribution in [0, 0.1) is 0 Å². The summed E-state index contributed by atoms with van der Waals surface area (Å²) in [6.07, 6.45) is 7.07. The Bertz CT molecular complexity index is 290. The van der Waals surface area contributed by atoms with Crippen LogP contribution in [0.1, 0.15) is 59.3 Å². The van der Waals surface area contributed by atoms with Crippen LogP contribution in [0.5, 0.6) is 0 Å². The van der Waals surface area contributed by atoms with Gasteiger partial charge in [0.15, 0.2) is 0 Å². The zero-order valence-electron chi connectivity index (χ0n) is 11.2. The fourth-order valence-electron chi connectivity index (χ4n) is 2.77. The van der Waals surface area contributed by atoms with Gasteiger partial charge in [-0.25, -0.2) is 15.2 Å². The molecular formula is C13H24N2O2. The number of nitrogens with one attached hydrogen (secondary N) is 1. The van der Waals surface area contributed by atoms with E-state index in [9.17, 15) is 4.79 Å². The van der Waals surface area contributed by atoms with E-state index in [1.807, 2.05) is 20.8 Å². The summed E-state index contributed by atoms with van der Waals surface area (Å²) in [4.78, 5) is 11.9. The summed E-state index contributed by atoms with van der Waals surface area (Å²) in [5, 5.41) is 1.66. The molecule has 0 bridgehead atoms. The van der Waals surface area contributed by atoms with Gasteiger partial charge in [0.1, 0.15) is 5.60 Å². The molecule has 1 saturated heterocycles. The highest BCUT2D eigenvalue weighted by Crippen LogP contribution is 2.34. The third-order valence-electron chi connectivity index (χ3n) is 3.61. The van der Waals surface area contributed by atoms with Crippen LogP contribution in [0.25, 0.3) is 0 Å². The van der Waals surface area contributed by atoms with Gasteiger partial charge >= 0.3 is 6.09 Å². The third-order valence-corrected chi connectivity index (χ3v) is 3.61. The molecule has 4 nitrogen and oxygen atoms in total. The molecule has 0 aromatic carbocycles. The number of ether oxygens (including phenoxy) is 1. The van der Waals surface area contributed by atoms with E-state index in [0.29, 0.717) is 0 Å². The minimum Gasteiger partial charge on any atom is -0.443 e. The largest absolute Gasteiger partial charge is 0.443 e. The van der Waals surface area contributed by atoms with E-state index in [1.165, 1.54) is 32.1 Å². The van der Waals surface area contributed by atoms with Gasteiger partial charge in [0.05, 0.1) is 0 Å². The van der Waals surface area contributed by atoms with E-state index in [-0.39, 0.29) is 11.6 Å². The smallest absolute Gasteiger partial charge is 0.424 e. The molecule has 2 aliphatic rings. The van der Waals surface area contributed by atoms with Crippen molar-refractivity contribution in [1.82, 2.24) is 10.4 Å². The van der Waals surface area contributed by atoms with Crippen molar-refractivity contribution in [2.24, 2.45) is 0 Å². The van der Waals surface area contributed by atoms with Gasteiger partial charge in [0.2, 0.25) is 0 Å². The molecule has 0 aromatic heterocycles. The molecule has 2 rings (SSSR count). The van der Waals surface area contributed by atoms with E-state index in [1.54, 1.807) is 5.01 Å². The van der Waals surface area contributed by atoms with Gasteiger partial charge < -0.3 is 4.74 Å². The van der Waals surface area contributed by atoms with Crippen molar-refractivity contribution < 1.29 is 9.53 Å². The molecule has 1 spiro atoms. The van der Waals surface area contributed by atoms with Gasteiger partial charge in [-0.1, -0.05) is 19.3 Å². The van der Waals surface area contributed by atoms with Crippen molar-refractivity contribution in [3.8, 4) is 0 Å². The quantitative estimate of drug-likeness (QED) is 0.708. The molecular weight excluding hydrogens is 216 g/mol. The van der Waals surface area contributed by atoms with Crippen LogP contribution in [0.15, 0.2) is 0 Å². The highest BCUT2D eigenvalue weighted by atomic mass is 16.6. The van der Waals surface area contributed by atoms with E-state index >= 15 is 0 Å². The van der Waals surface area contributed by atoms with Crippen LogP contribution in [-0.2, 0) is 4.74 Å². The fraction of sp³-hybridized carbons (Fsp3) is 0.923. The van der Waals surface area contributed by atoms with E-state index in [2.05, 4.69) is 5.43 Å². The van der Waals surface area contributed by atoms with E-state index < -0.39 is 5.60 Å². The Balaban J connectivity index is 1.91. The number of carbonyl (C=O) groups is 1. The van der Waals surface area contributed by atoms with Crippen LogP contribution in [0.3, 0.4) is 0 Å². The molecule has 0 unspecified atom stereocenters. The summed E-state index contributed by atoms with van der Waals surface area (Å²) in [6.45, 7) is 6.47. The first-order chi connectivity index (χ1) is 7.90. The Morgan fingerprint density at radius 1 is 1.18 bits per heavy atom.